The van der Waals surface area contributed by atoms with Gasteiger partial charge in [0.25, 0.3) is 0 Å². The van der Waals surface area contributed by atoms with Crippen molar-refractivity contribution >= 4 is 5.78 Å². The van der Waals surface area contributed by atoms with E-state index < -0.39 is 11.6 Å². The number of hydrogen-bond acceptors (Lipinski definition) is 1. The zero-order valence-electron chi connectivity index (χ0n) is 10.3. The normalized spacial score (nSPS) is 10.9. The quantitative estimate of drug-likeness (QED) is 0.737. The van der Waals surface area contributed by atoms with E-state index in [1.165, 1.54) is 12.1 Å². The Morgan fingerprint density at radius 1 is 1.12 bits per heavy atom. The summed E-state index contributed by atoms with van der Waals surface area (Å²) in [4.78, 5) is 11.7. The highest BCUT2D eigenvalue weighted by atomic mass is 19.1. The van der Waals surface area contributed by atoms with Crippen LogP contribution in [0.5, 0.6) is 0 Å². The molecule has 0 amide bonds. The zero-order valence-corrected chi connectivity index (χ0v) is 10.3. The second-order valence-corrected chi connectivity index (χ2v) is 4.38. The van der Waals surface area contributed by atoms with E-state index in [0.29, 0.717) is 17.9 Å². The van der Waals surface area contributed by atoms with Crippen LogP contribution in [0.25, 0.3) is 0 Å². The monoisotopic (exact) mass is 240 g/mol. The molecule has 0 N–H and O–H groups in total. The van der Waals surface area contributed by atoms with Gasteiger partial charge in [-0.15, -0.1) is 0 Å². The first-order valence-electron chi connectivity index (χ1n) is 6.01. The van der Waals surface area contributed by atoms with Gasteiger partial charge in [-0.2, -0.15) is 0 Å². The highest BCUT2D eigenvalue weighted by Gasteiger charge is 2.12. The van der Waals surface area contributed by atoms with Crippen molar-refractivity contribution in [2.24, 2.45) is 5.92 Å². The number of halogens is 2. The van der Waals surface area contributed by atoms with Crippen LogP contribution in [0.2, 0.25) is 0 Å². The van der Waals surface area contributed by atoms with Crippen LogP contribution in [0.3, 0.4) is 0 Å². The Bertz CT molecular complexity index is 364. The lowest BCUT2D eigenvalue weighted by Crippen LogP contribution is -2.10. The van der Waals surface area contributed by atoms with Gasteiger partial charge in [0, 0.05) is 18.9 Å². The van der Waals surface area contributed by atoms with Crippen LogP contribution in [0.1, 0.15) is 38.7 Å². The molecular weight excluding hydrogens is 222 g/mol. The lowest BCUT2D eigenvalue weighted by molar-refractivity contribution is -0.119. The van der Waals surface area contributed by atoms with E-state index in [2.05, 4.69) is 0 Å². The molecule has 0 saturated heterocycles. The SMILES string of the molecule is CCC(CC)CC(=O)Cc1cc(F)cc(F)c1. The summed E-state index contributed by atoms with van der Waals surface area (Å²) in [6.07, 6.45) is 2.52. The van der Waals surface area contributed by atoms with Gasteiger partial charge in [0.05, 0.1) is 0 Å². The molecule has 0 atom stereocenters. The molecule has 0 aliphatic carbocycles. The van der Waals surface area contributed by atoms with Crippen LogP contribution in [0.4, 0.5) is 8.78 Å². The van der Waals surface area contributed by atoms with E-state index in [4.69, 9.17) is 0 Å². The predicted octanol–water partition coefficient (Wildman–Crippen LogP) is 3.90. The minimum atomic E-state index is -0.629. The maximum absolute atomic E-state index is 12.9. The number of benzene rings is 1. The second-order valence-electron chi connectivity index (χ2n) is 4.38. The van der Waals surface area contributed by atoms with Crippen LogP contribution >= 0.6 is 0 Å². The lowest BCUT2D eigenvalue weighted by Gasteiger charge is -2.10. The van der Waals surface area contributed by atoms with Crippen molar-refractivity contribution in [1.82, 2.24) is 0 Å². The van der Waals surface area contributed by atoms with Crippen LogP contribution in [0.15, 0.2) is 18.2 Å². The molecule has 0 aliphatic heterocycles. The van der Waals surface area contributed by atoms with Gasteiger partial charge in [-0.1, -0.05) is 26.7 Å². The van der Waals surface area contributed by atoms with Gasteiger partial charge in [0.2, 0.25) is 0 Å². The number of rotatable bonds is 6. The minimum Gasteiger partial charge on any atom is -0.299 e. The molecule has 94 valence electrons. The fourth-order valence-corrected chi connectivity index (χ4v) is 1.91. The molecule has 0 fully saturated rings. The summed E-state index contributed by atoms with van der Waals surface area (Å²) in [5.41, 5.74) is 0.415. The molecule has 0 bridgehead atoms. The maximum Gasteiger partial charge on any atom is 0.137 e. The van der Waals surface area contributed by atoms with Crippen molar-refractivity contribution in [2.75, 3.05) is 0 Å². The van der Waals surface area contributed by atoms with Crippen molar-refractivity contribution < 1.29 is 13.6 Å². The van der Waals surface area contributed by atoms with E-state index in [1.807, 2.05) is 13.8 Å². The number of Topliss-reactive ketones (excluding diaryl/α,β-unsaturated/α-hetero) is 1. The highest BCUT2D eigenvalue weighted by molar-refractivity contribution is 5.81. The first-order valence-corrected chi connectivity index (χ1v) is 6.01. The first kappa shape index (κ1) is 13.8. The standard InChI is InChI=1S/C14H18F2O/c1-3-10(4-2)7-14(17)8-11-5-12(15)9-13(16)6-11/h5-6,9-10H,3-4,7-8H2,1-2H3. The number of carbonyl (C=O) groups excluding carboxylic acids is 1. The van der Waals surface area contributed by atoms with Crippen molar-refractivity contribution in [2.45, 2.75) is 39.5 Å². The third-order valence-corrected chi connectivity index (χ3v) is 2.99. The van der Waals surface area contributed by atoms with E-state index in [1.54, 1.807) is 0 Å². The van der Waals surface area contributed by atoms with Crippen molar-refractivity contribution in [3.8, 4) is 0 Å². The summed E-state index contributed by atoms with van der Waals surface area (Å²) < 4.78 is 25.8. The Balaban J connectivity index is 2.61. The summed E-state index contributed by atoms with van der Waals surface area (Å²) in [6.45, 7) is 4.09. The largest absolute Gasteiger partial charge is 0.299 e. The molecule has 0 unspecified atom stereocenters. The van der Waals surface area contributed by atoms with Crippen molar-refractivity contribution in [3.63, 3.8) is 0 Å². The van der Waals surface area contributed by atoms with E-state index in [9.17, 15) is 13.6 Å². The molecule has 3 heteroatoms. The summed E-state index contributed by atoms with van der Waals surface area (Å²) in [5.74, 6) is -0.838. The van der Waals surface area contributed by atoms with Crippen molar-refractivity contribution in [3.05, 3.63) is 35.4 Å². The topological polar surface area (TPSA) is 17.1 Å². The molecule has 0 aromatic heterocycles. The van der Waals surface area contributed by atoms with Gasteiger partial charge >= 0.3 is 0 Å². The molecule has 1 aromatic carbocycles. The average molecular weight is 240 g/mol. The van der Waals surface area contributed by atoms with Gasteiger partial charge < -0.3 is 0 Å². The van der Waals surface area contributed by atoms with Gasteiger partial charge in [-0.3, -0.25) is 4.79 Å². The van der Waals surface area contributed by atoms with E-state index in [0.717, 1.165) is 18.9 Å². The first-order chi connectivity index (χ1) is 8.05. The fraction of sp³-hybridized carbons (Fsp3) is 0.500. The predicted molar refractivity (Wildman–Crippen MR) is 63.8 cm³/mol. The maximum atomic E-state index is 12.9. The van der Waals surface area contributed by atoms with Crippen LogP contribution in [-0.2, 0) is 11.2 Å². The molecular formula is C14H18F2O. The van der Waals surface area contributed by atoms with Gasteiger partial charge in [0.1, 0.15) is 17.4 Å². The van der Waals surface area contributed by atoms with Crippen LogP contribution < -0.4 is 0 Å². The van der Waals surface area contributed by atoms with Crippen LogP contribution in [0, 0.1) is 17.6 Å². The zero-order chi connectivity index (χ0) is 12.8. The number of carbonyl (C=O) groups is 1. The van der Waals surface area contributed by atoms with Crippen molar-refractivity contribution in [1.29, 1.82) is 0 Å². The highest BCUT2D eigenvalue weighted by Crippen LogP contribution is 2.15. The van der Waals surface area contributed by atoms with Gasteiger partial charge in [0.15, 0.2) is 0 Å². The second kappa shape index (κ2) is 6.48. The van der Waals surface area contributed by atoms with E-state index in [-0.39, 0.29) is 12.2 Å². The third-order valence-electron chi connectivity index (χ3n) is 2.99. The average Bonchev–Trinajstić information content (AvgIpc) is 2.24. The Morgan fingerprint density at radius 3 is 2.12 bits per heavy atom. The summed E-state index contributed by atoms with van der Waals surface area (Å²) in [5, 5.41) is 0. The van der Waals surface area contributed by atoms with Crippen LogP contribution in [-0.4, -0.2) is 5.78 Å². The molecule has 1 nitrogen and oxygen atoms in total. The van der Waals surface area contributed by atoms with E-state index >= 15 is 0 Å². The lowest BCUT2D eigenvalue weighted by atomic mass is 9.94. The Hall–Kier alpha value is -1.25. The Morgan fingerprint density at radius 2 is 1.65 bits per heavy atom. The molecule has 0 aliphatic rings. The molecule has 17 heavy (non-hydrogen) atoms. The van der Waals surface area contributed by atoms with Gasteiger partial charge in [-0.25, -0.2) is 8.78 Å². The number of ketones is 1. The summed E-state index contributed by atoms with van der Waals surface area (Å²) in [6, 6.07) is 3.25. The minimum absolute atomic E-state index is 0.0451. The summed E-state index contributed by atoms with van der Waals surface area (Å²) >= 11 is 0. The molecule has 0 heterocycles. The third kappa shape index (κ3) is 4.63. The molecule has 1 aromatic rings. The molecule has 1 rings (SSSR count). The Kier molecular flexibility index (Phi) is 5.26. The smallest absolute Gasteiger partial charge is 0.137 e. The summed E-state index contributed by atoms with van der Waals surface area (Å²) in [7, 11) is 0. The Labute approximate surface area is 101 Å². The molecule has 0 saturated carbocycles. The molecule has 0 radical (unpaired) electrons. The number of hydrogen-bond donors (Lipinski definition) is 0. The van der Waals surface area contributed by atoms with Gasteiger partial charge in [-0.05, 0) is 23.6 Å². The molecule has 0 spiro atoms. The fourth-order valence-electron chi connectivity index (χ4n) is 1.91.